The number of hydrogen-bond donors (Lipinski definition) is 1. The minimum Gasteiger partial charge on any atom is -0.364 e. The van der Waals surface area contributed by atoms with Crippen molar-refractivity contribution >= 4 is 17.5 Å². The van der Waals surface area contributed by atoms with E-state index in [4.69, 9.17) is 4.52 Å². The van der Waals surface area contributed by atoms with E-state index in [0.29, 0.717) is 22.6 Å². The lowest BCUT2D eigenvalue weighted by molar-refractivity contribution is -0.121. The molecule has 0 aliphatic carbocycles. The molecular formula is C22H19FN6O3. The maximum atomic E-state index is 14.2. The van der Waals surface area contributed by atoms with Crippen molar-refractivity contribution in [2.75, 3.05) is 5.32 Å². The highest BCUT2D eigenvalue weighted by atomic mass is 19.1. The predicted octanol–water partition coefficient (Wildman–Crippen LogP) is 3.49. The van der Waals surface area contributed by atoms with E-state index in [-0.39, 0.29) is 48.5 Å². The summed E-state index contributed by atoms with van der Waals surface area (Å²) in [6.07, 6.45) is 3.16. The molecule has 0 aliphatic rings. The summed E-state index contributed by atoms with van der Waals surface area (Å²) < 4.78 is 20.7. The molecule has 32 heavy (non-hydrogen) atoms. The van der Waals surface area contributed by atoms with E-state index in [0.717, 1.165) is 0 Å². The van der Waals surface area contributed by atoms with Crippen LogP contribution in [0.3, 0.4) is 0 Å². The Labute approximate surface area is 182 Å². The molecule has 0 saturated heterocycles. The molecule has 0 atom stereocenters. The molecule has 10 heteroatoms. The smallest absolute Gasteiger partial charge is 0.225 e. The SMILES string of the molecule is CC(=O)CCC(=O)Nc1ccnc(-c2cc(-c3ccon3)n(Cc3ccccc3F)n2)n1. The van der Waals surface area contributed by atoms with Crippen LogP contribution >= 0.6 is 0 Å². The second kappa shape index (κ2) is 9.29. The van der Waals surface area contributed by atoms with Crippen LogP contribution in [0.5, 0.6) is 0 Å². The van der Waals surface area contributed by atoms with E-state index in [2.05, 4.69) is 25.5 Å². The maximum Gasteiger partial charge on any atom is 0.225 e. The summed E-state index contributed by atoms with van der Waals surface area (Å²) in [6.45, 7) is 1.59. The third-order valence-corrected chi connectivity index (χ3v) is 4.61. The molecule has 1 N–H and O–H groups in total. The van der Waals surface area contributed by atoms with E-state index in [1.807, 2.05) is 0 Å². The number of halogens is 1. The van der Waals surface area contributed by atoms with Gasteiger partial charge in [0.2, 0.25) is 5.91 Å². The minimum atomic E-state index is -0.345. The average molecular weight is 434 g/mol. The van der Waals surface area contributed by atoms with Gasteiger partial charge in [-0.1, -0.05) is 23.4 Å². The monoisotopic (exact) mass is 434 g/mol. The number of hydrogen-bond acceptors (Lipinski definition) is 7. The zero-order valence-electron chi connectivity index (χ0n) is 17.2. The molecule has 4 aromatic rings. The molecule has 0 bridgehead atoms. The van der Waals surface area contributed by atoms with Gasteiger partial charge in [-0.2, -0.15) is 5.10 Å². The fourth-order valence-electron chi connectivity index (χ4n) is 3.03. The van der Waals surface area contributed by atoms with E-state index < -0.39 is 0 Å². The Morgan fingerprint density at radius 3 is 2.72 bits per heavy atom. The second-order valence-electron chi connectivity index (χ2n) is 7.06. The zero-order valence-corrected chi connectivity index (χ0v) is 17.2. The van der Waals surface area contributed by atoms with Crippen LogP contribution in [0.15, 0.2) is 59.4 Å². The lowest BCUT2D eigenvalue weighted by atomic mass is 10.2. The Hall–Kier alpha value is -4.21. The number of Topliss-reactive ketones (excluding diaryl/α,β-unsaturated/α-hetero) is 1. The molecular weight excluding hydrogens is 415 g/mol. The first-order valence-electron chi connectivity index (χ1n) is 9.84. The van der Waals surface area contributed by atoms with Crippen LogP contribution in [0, 0.1) is 5.82 Å². The van der Waals surface area contributed by atoms with Gasteiger partial charge >= 0.3 is 0 Å². The van der Waals surface area contributed by atoms with Crippen molar-refractivity contribution in [3.05, 3.63) is 66.3 Å². The number of ketones is 1. The van der Waals surface area contributed by atoms with Gasteiger partial charge < -0.3 is 14.6 Å². The van der Waals surface area contributed by atoms with Gasteiger partial charge in [-0.3, -0.25) is 9.48 Å². The number of carbonyl (C=O) groups excluding carboxylic acids is 2. The van der Waals surface area contributed by atoms with E-state index in [9.17, 15) is 14.0 Å². The topological polar surface area (TPSA) is 116 Å². The molecule has 0 aliphatic heterocycles. The Morgan fingerprint density at radius 2 is 1.97 bits per heavy atom. The highest BCUT2D eigenvalue weighted by molar-refractivity contribution is 5.92. The van der Waals surface area contributed by atoms with Crippen molar-refractivity contribution in [3.8, 4) is 22.9 Å². The minimum absolute atomic E-state index is 0.0655. The third-order valence-electron chi connectivity index (χ3n) is 4.61. The Kier molecular flexibility index (Phi) is 6.11. The molecule has 3 heterocycles. The number of benzene rings is 1. The molecule has 9 nitrogen and oxygen atoms in total. The van der Waals surface area contributed by atoms with Crippen LogP contribution in [0.1, 0.15) is 25.3 Å². The first-order chi connectivity index (χ1) is 15.5. The number of rotatable bonds is 8. The zero-order chi connectivity index (χ0) is 22.5. The van der Waals surface area contributed by atoms with E-state index >= 15 is 0 Å². The molecule has 0 unspecified atom stereocenters. The van der Waals surface area contributed by atoms with Crippen LogP contribution in [-0.2, 0) is 16.1 Å². The van der Waals surface area contributed by atoms with Gasteiger partial charge in [0, 0.05) is 30.7 Å². The molecule has 0 radical (unpaired) electrons. The summed E-state index contributed by atoms with van der Waals surface area (Å²) in [5.74, 6) is -0.175. The molecule has 0 spiro atoms. The Morgan fingerprint density at radius 1 is 1.12 bits per heavy atom. The fourth-order valence-corrected chi connectivity index (χ4v) is 3.03. The summed E-state index contributed by atoms with van der Waals surface area (Å²) in [5.41, 5.74) is 1.99. The molecule has 4 rings (SSSR count). The van der Waals surface area contributed by atoms with Crippen molar-refractivity contribution < 1.29 is 18.5 Å². The van der Waals surface area contributed by atoms with Crippen molar-refractivity contribution in [1.82, 2.24) is 24.9 Å². The maximum absolute atomic E-state index is 14.2. The summed E-state index contributed by atoms with van der Waals surface area (Å²) in [6, 6.07) is 11.4. The number of nitrogens with one attached hydrogen (secondary N) is 1. The van der Waals surface area contributed by atoms with Crippen molar-refractivity contribution in [2.24, 2.45) is 0 Å². The predicted molar refractivity (Wildman–Crippen MR) is 113 cm³/mol. The summed E-state index contributed by atoms with van der Waals surface area (Å²) in [7, 11) is 0. The highest BCUT2D eigenvalue weighted by Gasteiger charge is 2.17. The van der Waals surface area contributed by atoms with Crippen LogP contribution in [0.25, 0.3) is 22.9 Å². The molecule has 162 valence electrons. The van der Waals surface area contributed by atoms with Crippen molar-refractivity contribution in [2.45, 2.75) is 26.3 Å². The van der Waals surface area contributed by atoms with Gasteiger partial charge in [-0.15, -0.1) is 0 Å². The van der Waals surface area contributed by atoms with Crippen LogP contribution < -0.4 is 5.32 Å². The quantitative estimate of drug-likeness (QED) is 0.451. The number of amides is 1. The number of nitrogens with zero attached hydrogens (tertiary/aromatic N) is 5. The van der Waals surface area contributed by atoms with Crippen molar-refractivity contribution in [1.29, 1.82) is 0 Å². The van der Waals surface area contributed by atoms with Gasteiger partial charge in [-0.25, -0.2) is 14.4 Å². The third kappa shape index (κ3) is 4.91. The molecule has 1 aromatic carbocycles. The van der Waals surface area contributed by atoms with Gasteiger partial charge in [0.05, 0.1) is 12.2 Å². The van der Waals surface area contributed by atoms with Gasteiger partial charge in [0.15, 0.2) is 5.82 Å². The van der Waals surface area contributed by atoms with Gasteiger partial charge in [-0.05, 0) is 25.1 Å². The molecule has 0 saturated carbocycles. The van der Waals surface area contributed by atoms with Gasteiger partial charge in [0.25, 0.3) is 0 Å². The summed E-state index contributed by atoms with van der Waals surface area (Å²) in [4.78, 5) is 31.7. The number of carbonyl (C=O) groups is 2. The fraction of sp³-hybridized carbons (Fsp3) is 0.182. The number of anilines is 1. The summed E-state index contributed by atoms with van der Waals surface area (Å²) in [5, 5.41) is 11.1. The number of aromatic nitrogens is 5. The molecule has 3 aromatic heterocycles. The van der Waals surface area contributed by atoms with Crippen LogP contribution in [-0.4, -0.2) is 36.6 Å². The first kappa shape index (κ1) is 21.0. The lowest BCUT2D eigenvalue weighted by Crippen LogP contribution is -2.14. The first-order valence-corrected chi connectivity index (χ1v) is 9.84. The van der Waals surface area contributed by atoms with Crippen LogP contribution in [0.2, 0.25) is 0 Å². The second-order valence-corrected chi connectivity index (χ2v) is 7.06. The summed E-state index contributed by atoms with van der Waals surface area (Å²) >= 11 is 0. The largest absolute Gasteiger partial charge is 0.364 e. The lowest BCUT2D eigenvalue weighted by Gasteiger charge is -2.06. The van der Waals surface area contributed by atoms with E-state index in [1.165, 1.54) is 25.5 Å². The normalized spacial score (nSPS) is 10.8. The standard InChI is InChI=1S/C22H19FN6O3/c1-14(30)6-7-21(31)25-20-8-10-24-22(26-20)18-12-19(17-9-11-32-28-17)29(27-18)13-15-4-2-3-5-16(15)23/h2-5,8-12H,6-7,13H2,1H3,(H,24,25,26,31). The van der Waals surface area contributed by atoms with Crippen LogP contribution in [0.4, 0.5) is 10.2 Å². The Balaban J connectivity index is 1.63. The highest BCUT2D eigenvalue weighted by Crippen LogP contribution is 2.25. The van der Waals surface area contributed by atoms with Gasteiger partial charge in [0.1, 0.15) is 35.1 Å². The molecule has 1 amide bonds. The van der Waals surface area contributed by atoms with Crippen molar-refractivity contribution in [3.63, 3.8) is 0 Å². The molecule has 0 fully saturated rings. The Bertz CT molecular complexity index is 1250. The average Bonchev–Trinajstić information content (AvgIpc) is 3.44. The van der Waals surface area contributed by atoms with E-state index in [1.54, 1.807) is 41.1 Å².